The Kier molecular flexibility index (Phi) is 4.68. The molecule has 1 amide bonds. The Morgan fingerprint density at radius 2 is 2.19 bits per heavy atom. The zero-order valence-electron chi connectivity index (χ0n) is 15.2. The first-order valence-corrected chi connectivity index (χ1v) is 9.61. The van der Waals surface area contributed by atoms with Gasteiger partial charge in [0.1, 0.15) is 5.75 Å². The minimum absolute atomic E-state index is 0.0729. The first-order chi connectivity index (χ1) is 13.2. The third-order valence-electron chi connectivity index (χ3n) is 4.46. The highest BCUT2D eigenvalue weighted by Crippen LogP contribution is 2.30. The van der Waals surface area contributed by atoms with E-state index in [4.69, 9.17) is 4.74 Å². The van der Waals surface area contributed by atoms with E-state index in [1.54, 1.807) is 18.4 Å². The number of anilines is 1. The van der Waals surface area contributed by atoms with Crippen LogP contribution in [0.25, 0.3) is 22.3 Å². The van der Waals surface area contributed by atoms with Crippen LogP contribution in [0.2, 0.25) is 0 Å². The number of carbonyl (C=O) groups excluding carboxylic acids is 1. The number of rotatable bonds is 6. The number of aromatic nitrogens is 3. The molecule has 0 saturated carbocycles. The summed E-state index contributed by atoms with van der Waals surface area (Å²) in [5.74, 6) is 1.28. The lowest BCUT2D eigenvalue weighted by Gasteiger charge is -2.07. The highest BCUT2D eigenvalue weighted by Gasteiger charge is 2.14. The van der Waals surface area contributed by atoms with Crippen LogP contribution in [0.4, 0.5) is 5.82 Å². The Balaban J connectivity index is 1.60. The third-order valence-corrected chi connectivity index (χ3v) is 5.34. The van der Waals surface area contributed by atoms with Crippen LogP contribution in [0.3, 0.4) is 0 Å². The van der Waals surface area contributed by atoms with Crippen molar-refractivity contribution in [2.45, 2.75) is 19.9 Å². The molecule has 0 spiro atoms. The predicted molar refractivity (Wildman–Crippen MR) is 108 cm³/mol. The number of methoxy groups -OCH3 is 1. The number of amides is 1. The summed E-state index contributed by atoms with van der Waals surface area (Å²) in [6, 6.07) is 13.9. The van der Waals surface area contributed by atoms with Crippen molar-refractivity contribution >= 4 is 34.0 Å². The molecule has 0 aliphatic heterocycles. The number of benzene rings is 1. The topological polar surface area (TPSA) is 71.9 Å². The van der Waals surface area contributed by atoms with Crippen molar-refractivity contribution in [1.82, 2.24) is 14.8 Å². The third kappa shape index (κ3) is 3.46. The molecule has 3 heterocycles. The van der Waals surface area contributed by atoms with E-state index in [1.165, 1.54) is 0 Å². The molecular formula is C20H20N4O2S. The van der Waals surface area contributed by atoms with Gasteiger partial charge in [0, 0.05) is 28.9 Å². The van der Waals surface area contributed by atoms with Crippen molar-refractivity contribution < 1.29 is 9.53 Å². The van der Waals surface area contributed by atoms with E-state index >= 15 is 0 Å². The minimum Gasteiger partial charge on any atom is -0.497 e. The number of nitrogens with one attached hydrogen (secondary N) is 2. The summed E-state index contributed by atoms with van der Waals surface area (Å²) in [6.45, 7) is 2.91. The number of hydrogen-bond donors (Lipinski definition) is 2. The quantitative estimate of drug-likeness (QED) is 0.524. The number of thiophene rings is 1. The Morgan fingerprint density at radius 1 is 1.30 bits per heavy atom. The summed E-state index contributed by atoms with van der Waals surface area (Å²) in [4.78, 5) is 13.2. The van der Waals surface area contributed by atoms with Crippen molar-refractivity contribution in [1.29, 1.82) is 0 Å². The molecule has 0 saturated heterocycles. The number of ether oxygens (including phenoxy) is 1. The van der Waals surface area contributed by atoms with E-state index in [2.05, 4.69) is 33.1 Å². The molecule has 1 aromatic carbocycles. The lowest BCUT2D eigenvalue weighted by atomic mass is 10.2. The molecule has 4 aromatic rings. The SMILES string of the molecule is CCn1c(-c2cc(NC(=O)Cc3cccs3)n[nH]2)cc2ccc(OC)cc21. The predicted octanol–water partition coefficient (Wildman–Crippen LogP) is 4.30. The van der Waals surface area contributed by atoms with E-state index in [0.717, 1.165) is 39.5 Å². The van der Waals surface area contributed by atoms with Gasteiger partial charge in [-0.3, -0.25) is 9.89 Å². The van der Waals surface area contributed by atoms with E-state index in [-0.39, 0.29) is 5.91 Å². The van der Waals surface area contributed by atoms with Crippen LogP contribution in [-0.2, 0) is 17.8 Å². The van der Waals surface area contributed by atoms with Crippen LogP contribution in [0, 0.1) is 0 Å². The van der Waals surface area contributed by atoms with Crippen molar-refractivity contribution in [3.8, 4) is 17.1 Å². The Labute approximate surface area is 160 Å². The second kappa shape index (κ2) is 7.28. The number of hydrogen-bond acceptors (Lipinski definition) is 4. The highest BCUT2D eigenvalue weighted by molar-refractivity contribution is 7.10. The first kappa shape index (κ1) is 17.4. The molecule has 4 rings (SSSR count). The molecule has 0 aliphatic rings. The summed E-state index contributed by atoms with van der Waals surface area (Å²) < 4.78 is 7.54. The van der Waals surface area contributed by atoms with Gasteiger partial charge in [0.15, 0.2) is 5.82 Å². The van der Waals surface area contributed by atoms with Gasteiger partial charge >= 0.3 is 0 Å². The molecule has 0 bridgehead atoms. The molecule has 2 N–H and O–H groups in total. The summed E-state index contributed by atoms with van der Waals surface area (Å²) >= 11 is 1.57. The molecule has 0 radical (unpaired) electrons. The van der Waals surface area contributed by atoms with Gasteiger partial charge in [0.25, 0.3) is 0 Å². The van der Waals surface area contributed by atoms with Gasteiger partial charge in [-0.1, -0.05) is 6.07 Å². The molecule has 0 aliphatic carbocycles. The zero-order chi connectivity index (χ0) is 18.8. The largest absolute Gasteiger partial charge is 0.497 e. The molecule has 0 atom stereocenters. The van der Waals surface area contributed by atoms with Crippen molar-refractivity contribution in [3.05, 3.63) is 52.7 Å². The van der Waals surface area contributed by atoms with Gasteiger partial charge in [-0.25, -0.2) is 0 Å². The van der Waals surface area contributed by atoms with Crippen molar-refractivity contribution in [2.24, 2.45) is 0 Å². The fraction of sp³-hybridized carbons (Fsp3) is 0.200. The van der Waals surface area contributed by atoms with Crippen LogP contribution < -0.4 is 10.1 Å². The van der Waals surface area contributed by atoms with Crippen LogP contribution in [-0.4, -0.2) is 27.8 Å². The molecule has 0 fully saturated rings. The number of aromatic amines is 1. The molecule has 6 nitrogen and oxygen atoms in total. The summed E-state index contributed by atoms with van der Waals surface area (Å²) in [7, 11) is 1.67. The van der Waals surface area contributed by atoms with Gasteiger partial charge in [0.05, 0.1) is 30.4 Å². The highest BCUT2D eigenvalue weighted by atomic mass is 32.1. The van der Waals surface area contributed by atoms with Crippen molar-refractivity contribution in [3.63, 3.8) is 0 Å². The smallest absolute Gasteiger partial charge is 0.230 e. The van der Waals surface area contributed by atoms with Crippen LogP contribution in [0.15, 0.2) is 47.8 Å². The van der Waals surface area contributed by atoms with Crippen LogP contribution >= 0.6 is 11.3 Å². The zero-order valence-corrected chi connectivity index (χ0v) is 16.0. The summed E-state index contributed by atoms with van der Waals surface area (Å²) in [6.07, 6.45) is 0.356. The monoisotopic (exact) mass is 380 g/mol. The van der Waals surface area contributed by atoms with Gasteiger partial charge in [-0.2, -0.15) is 5.10 Å². The van der Waals surface area contributed by atoms with Crippen LogP contribution in [0.1, 0.15) is 11.8 Å². The average molecular weight is 380 g/mol. The van der Waals surface area contributed by atoms with Gasteiger partial charge in [0.2, 0.25) is 5.91 Å². The standard InChI is InChI=1S/C20H20N4O2S/c1-3-24-17-10-14(26-2)7-6-13(17)9-18(24)16-12-19(23-22-16)21-20(25)11-15-5-4-8-27-15/h4-10,12H,3,11H2,1-2H3,(H2,21,22,23,25). The number of fused-ring (bicyclic) bond motifs is 1. The first-order valence-electron chi connectivity index (χ1n) is 8.73. The van der Waals surface area contributed by atoms with E-state index < -0.39 is 0 Å². The maximum Gasteiger partial charge on any atom is 0.230 e. The minimum atomic E-state index is -0.0729. The van der Waals surface area contributed by atoms with Gasteiger partial charge in [-0.05, 0) is 36.6 Å². The second-order valence-electron chi connectivity index (χ2n) is 6.17. The molecular weight excluding hydrogens is 360 g/mol. The number of nitrogens with zero attached hydrogens (tertiary/aromatic N) is 2. The lowest BCUT2D eigenvalue weighted by molar-refractivity contribution is -0.115. The molecule has 0 unspecified atom stereocenters. The number of aryl methyl sites for hydroxylation is 1. The van der Waals surface area contributed by atoms with Gasteiger partial charge < -0.3 is 14.6 Å². The fourth-order valence-corrected chi connectivity index (χ4v) is 3.90. The Morgan fingerprint density at radius 3 is 2.93 bits per heavy atom. The molecule has 27 heavy (non-hydrogen) atoms. The molecule has 138 valence electrons. The number of carbonyl (C=O) groups is 1. The second-order valence-corrected chi connectivity index (χ2v) is 7.20. The van der Waals surface area contributed by atoms with E-state index in [9.17, 15) is 4.79 Å². The van der Waals surface area contributed by atoms with E-state index in [0.29, 0.717) is 12.2 Å². The van der Waals surface area contributed by atoms with Gasteiger partial charge in [-0.15, -0.1) is 11.3 Å². The maximum atomic E-state index is 12.2. The fourth-order valence-electron chi connectivity index (χ4n) is 3.20. The maximum absolute atomic E-state index is 12.2. The normalized spacial score (nSPS) is 11.0. The molecule has 7 heteroatoms. The van der Waals surface area contributed by atoms with Crippen molar-refractivity contribution in [2.75, 3.05) is 12.4 Å². The Bertz CT molecular complexity index is 1080. The molecule has 3 aromatic heterocycles. The summed E-state index contributed by atoms with van der Waals surface area (Å²) in [5.41, 5.74) is 2.98. The average Bonchev–Trinajstić information content (AvgIpc) is 3.40. The van der Waals surface area contributed by atoms with E-state index in [1.807, 2.05) is 41.8 Å². The van der Waals surface area contributed by atoms with Crippen LogP contribution in [0.5, 0.6) is 5.75 Å². The lowest BCUT2D eigenvalue weighted by Crippen LogP contribution is -2.13. The Hall–Kier alpha value is -3.06. The summed E-state index contributed by atoms with van der Waals surface area (Å²) in [5, 5.41) is 13.2. The number of H-pyrrole nitrogens is 1.